The van der Waals surface area contributed by atoms with Crippen LogP contribution in [0.2, 0.25) is 5.02 Å². The van der Waals surface area contributed by atoms with Crippen LogP contribution in [0.4, 0.5) is 21.0 Å². The number of halogens is 1. The minimum absolute atomic E-state index is 0.0520. The first kappa shape index (κ1) is 33.4. The van der Waals surface area contributed by atoms with E-state index in [1.807, 2.05) is 34.2 Å². The number of piperidine rings is 2. The van der Waals surface area contributed by atoms with Crippen LogP contribution in [0.15, 0.2) is 22.9 Å². The predicted octanol–water partition coefficient (Wildman–Crippen LogP) is 4.45. The summed E-state index contributed by atoms with van der Waals surface area (Å²) in [5.74, 6) is -0.0520. The lowest BCUT2D eigenvalue weighted by Crippen LogP contribution is -2.60. The second-order valence-corrected chi connectivity index (χ2v) is 15.5. The molecule has 0 spiro atoms. The van der Waals surface area contributed by atoms with Crippen LogP contribution in [0.25, 0.3) is 0 Å². The minimum Gasteiger partial charge on any atom is -0.397 e. The zero-order valence-electron chi connectivity index (χ0n) is 28.1. The van der Waals surface area contributed by atoms with Crippen LogP contribution in [0.1, 0.15) is 62.1 Å². The summed E-state index contributed by atoms with van der Waals surface area (Å²) in [7, 11) is 2.27. The summed E-state index contributed by atoms with van der Waals surface area (Å²) in [5.41, 5.74) is 10.6. The molecule has 4 fully saturated rings. The summed E-state index contributed by atoms with van der Waals surface area (Å²) in [6, 6.07) is 4.79. The lowest BCUT2D eigenvalue weighted by molar-refractivity contribution is -0.135. The van der Waals surface area contributed by atoms with E-state index in [0.717, 1.165) is 41.9 Å². The van der Waals surface area contributed by atoms with Crippen molar-refractivity contribution in [3.05, 3.63) is 44.6 Å². The molecular formula is C35H49ClN8O3S. The minimum atomic E-state index is -0.727. The number of urea groups is 2. The number of rotatable bonds is 7. The van der Waals surface area contributed by atoms with Crippen molar-refractivity contribution in [3.8, 4) is 0 Å². The smallest absolute Gasteiger partial charge is 0.322 e. The number of hydrogen-bond donors (Lipinski definition) is 3. The van der Waals surface area contributed by atoms with Crippen molar-refractivity contribution in [2.75, 3.05) is 57.4 Å². The third kappa shape index (κ3) is 6.73. The maximum absolute atomic E-state index is 14.2. The van der Waals surface area contributed by atoms with Gasteiger partial charge in [-0.15, -0.1) is 11.3 Å². The predicted molar refractivity (Wildman–Crippen MR) is 190 cm³/mol. The van der Waals surface area contributed by atoms with E-state index in [4.69, 9.17) is 17.3 Å². The van der Waals surface area contributed by atoms with Crippen molar-refractivity contribution in [1.29, 1.82) is 0 Å². The SMILES string of the molecule is CCc1cc(C[C@@H](NC(=O)N2CCC(N3Cc4cscc4NC3=O)CC2)C(=O)N2CCN(C3CC4CCC(C3)N4C)CC2)cc(Cl)c1N. The Hall–Kier alpha value is -3.06. The van der Waals surface area contributed by atoms with Gasteiger partial charge < -0.3 is 36.0 Å². The highest BCUT2D eigenvalue weighted by Crippen LogP contribution is 2.37. The number of carbonyl (C=O) groups excluding carboxylic acids is 3. The molecule has 2 bridgehead atoms. The molecule has 260 valence electrons. The number of piperazine rings is 1. The first-order valence-corrected chi connectivity index (χ1v) is 19.0. The number of amides is 5. The monoisotopic (exact) mass is 696 g/mol. The highest BCUT2D eigenvalue weighted by molar-refractivity contribution is 7.08. The van der Waals surface area contributed by atoms with Crippen LogP contribution in [0.5, 0.6) is 0 Å². The number of nitrogens with two attached hydrogens (primary N) is 1. The van der Waals surface area contributed by atoms with E-state index in [2.05, 4.69) is 32.9 Å². The Morgan fingerprint density at radius 1 is 0.979 bits per heavy atom. The quantitative estimate of drug-likeness (QED) is 0.369. The van der Waals surface area contributed by atoms with E-state index in [9.17, 15) is 14.4 Å². The highest BCUT2D eigenvalue weighted by Gasteiger charge is 2.42. The molecule has 4 N–H and O–H groups in total. The molecule has 1 aromatic carbocycles. The number of nitrogens with one attached hydrogen (secondary N) is 2. The molecule has 3 atom stereocenters. The molecule has 5 aliphatic rings. The normalized spacial score (nSPS) is 25.9. The molecule has 0 saturated carbocycles. The van der Waals surface area contributed by atoms with Gasteiger partial charge in [-0.2, -0.15) is 0 Å². The number of likely N-dealkylation sites (tertiary alicyclic amines) is 1. The Morgan fingerprint density at radius 3 is 2.38 bits per heavy atom. The molecule has 2 aromatic rings. The van der Waals surface area contributed by atoms with Crippen molar-refractivity contribution in [2.24, 2.45) is 0 Å². The van der Waals surface area contributed by atoms with Gasteiger partial charge in [0.2, 0.25) is 5.91 Å². The van der Waals surface area contributed by atoms with Gasteiger partial charge >= 0.3 is 12.1 Å². The lowest BCUT2D eigenvalue weighted by atomic mass is 9.95. The largest absolute Gasteiger partial charge is 0.397 e. The number of carbonyl (C=O) groups is 3. The summed E-state index contributed by atoms with van der Waals surface area (Å²) in [5, 5.41) is 10.6. The molecule has 2 unspecified atom stereocenters. The van der Waals surface area contributed by atoms with Gasteiger partial charge in [0.25, 0.3) is 0 Å². The number of aryl methyl sites for hydroxylation is 1. The molecule has 7 rings (SSSR count). The second kappa shape index (κ2) is 14.0. The number of fused-ring (bicyclic) bond motifs is 3. The summed E-state index contributed by atoms with van der Waals surface area (Å²) in [4.78, 5) is 51.6. The fraction of sp³-hybridized carbons (Fsp3) is 0.629. The maximum Gasteiger partial charge on any atom is 0.322 e. The molecule has 11 nitrogen and oxygen atoms in total. The van der Waals surface area contributed by atoms with Gasteiger partial charge in [-0.25, -0.2) is 9.59 Å². The van der Waals surface area contributed by atoms with Gasteiger partial charge in [0, 0.05) is 80.8 Å². The molecule has 5 aliphatic heterocycles. The van der Waals surface area contributed by atoms with Gasteiger partial charge in [0.05, 0.1) is 22.9 Å². The van der Waals surface area contributed by atoms with Gasteiger partial charge in [-0.1, -0.05) is 24.6 Å². The van der Waals surface area contributed by atoms with Crippen LogP contribution in [0.3, 0.4) is 0 Å². The molecule has 5 amide bonds. The van der Waals surface area contributed by atoms with E-state index in [1.165, 1.54) is 25.7 Å². The van der Waals surface area contributed by atoms with Crippen molar-refractivity contribution in [2.45, 2.75) is 95.0 Å². The Bertz CT molecular complexity index is 1510. The van der Waals surface area contributed by atoms with Crippen LogP contribution in [-0.2, 0) is 24.2 Å². The standard InChI is InChI=1S/C35H49ClN8O3S/c1-3-23-14-22(15-29(36)32(23)37)16-30(33(45)42-12-10-41(11-13-42)28-17-26-4-5-27(18-28)40(26)2)38-34(46)43-8-6-25(7-9-43)44-19-24-20-48-21-31(24)39-35(44)47/h14-15,20-21,25-28,30H,3-13,16-19,37H2,1-2H3,(H,38,46)(H,39,47)/t26?,27?,28?,30-/m1/s1. The number of anilines is 2. The van der Waals surface area contributed by atoms with E-state index >= 15 is 0 Å². The molecular weight excluding hydrogens is 648 g/mol. The van der Waals surface area contributed by atoms with E-state index < -0.39 is 6.04 Å². The van der Waals surface area contributed by atoms with Crippen molar-refractivity contribution >= 4 is 52.3 Å². The summed E-state index contributed by atoms with van der Waals surface area (Å²) in [6.07, 6.45) is 7.46. The van der Waals surface area contributed by atoms with Crippen molar-refractivity contribution in [1.82, 2.24) is 29.8 Å². The van der Waals surface area contributed by atoms with E-state index in [1.54, 1.807) is 16.2 Å². The van der Waals surface area contributed by atoms with Crippen LogP contribution in [0, 0.1) is 0 Å². The van der Waals surface area contributed by atoms with E-state index in [0.29, 0.717) is 80.8 Å². The van der Waals surface area contributed by atoms with Gasteiger partial charge in [-0.3, -0.25) is 9.69 Å². The average molecular weight is 697 g/mol. The second-order valence-electron chi connectivity index (χ2n) is 14.3. The first-order chi connectivity index (χ1) is 23.2. The summed E-state index contributed by atoms with van der Waals surface area (Å²) >= 11 is 8.10. The Balaban J connectivity index is 0.998. The Labute approximate surface area is 292 Å². The number of nitrogen functional groups attached to an aromatic ring is 1. The zero-order chi connectivity index (χ0) is 33.5. The zero-order valence-corrected chi connectivity index (χ0v) is 29.7. The first-order valence-electron chi connectivity index (χ1n) is 17.7. The fourth-order valence-corrected chi connectivity index (χ4v) is 9.75. The lowest BCUT2D eigenvalue weighted by Gasteiger charge is -2.45. The van der Waals surface area contributed by atoms with Gasteiger partial charge in [0.1, 0.15) is 6.04 Å². The van der Waals surface area contributed by atoms with Crippen LogP contribution in [-0.4, -0.2) is 119 Å². The van der Waals surface area contributed by atoms with Crippen LogP contribution >= 0.6 is 22.9 Å². The van der Waals surface area contributed by atoms with Gasteiger partial charge in [0.15, 0.2) is 0 Å². The third-order valence-corrected chi connectivity index (χ3v) is 12.8. The summed E-state index contributed by atoms with van der Waals surface area (Å²) < 4.78 is 0. The topological polar surface area (TPSA) is 117 Å². The van der Waals surface area contributed by atoms with Crippen LogP contribution < -0.4 is 16.4 Å². The Morgan fingerprint density at radius 2 is 1.69 bits per heavy atom. The summed E-state index contributed by atoms with van der Waals surface area (Å²) in [6.45, 7) is 6.69. The fourth-order valence-electron chi connectivity index (χ4n) is 8.71. The average Bonchev–Trinajstić information content (AvgIpc) is 3.62. The molecule has 0 aliphatic carbocycles. The highest BCUT2D eigenvalue weighted by atomic mass is 35.5. The Kier molecular flexibility index (Phi) is 9.79. The number of benzene rings is 1. The number of thiophene rings is 1. The van der Waals surface area contributed by atoms with Crippen molar-refractivity contribution in [3.63, 3.8) is 0 Å². The molecule has 1 aromatic heterocycles. The van der Waals surface area contributed by atoms with Gasteiger partial charge in [-0.05, 0) is 74.6 Å². The maximum atomic E-state index is 14.2. The van der Waals surface area contributed by atoms with Crippen molar-refractivity contribution < 1.29 is 14.4 Å². The number of hydrogen-bond acceptors (Lipinski definition) is 7. The molecule has 48 heavy (non-hydrogen) atoms. The van der Waals surface area contributed by atoms with E-state index in [-0.39, 0.29) is 24.0 Å². The third-order valence-electron chi connectivity index (χ3n) is 11.7. The molecule has 13 heteroatoms. The molecule has 4 saturated heterocycles. The number of nitrogens with zero attached hydrogens (tertiary/aromatic N) is 5. The molecule has 0 radical (unpaired) electrons. The molecule has 6 heterocycles.